The number of hydrogen-bond acceptors (Lipinski definition) is 5. The molecular weight excluding hydrogens is 673 g/mol. The van der Waals surface area contributed by atoms with Gasteiger partial charge in [0.15, 0.2) is 0 Å². The van der Waals surface area contributed by atoms with Crippen molar-refractivity contribution in [3.05, 3.63) is 104 Å². The maximum Gasteiger partial charge on any atom is 0.119 e. The van der Waals surface area contributed by atoms with Crippen LogP contribution >= 0.6 is 11.8 Å². The van der Waals surface area contributed by atoms with Crippen molar-refractivity contribution in [2.24, 2.45) is 0 Å². The molecule has 5 heteroatoms. The molecule has 0 spiro atoms. The van der Waals surface area contributed by atoms with Gasteiger partial charge in [0.05, 0.1) is 0 Å². The molecule has 53 heavy (non-hydrogen) atoms. The van der Waals surface area contributed by atoms with Crippen LogP contribution in [0.15, 0.2) is 58.3 Å². The Morgan fingerprint density at radius 3 is 0.962 bits per heavy atom. The van der Waals surface area contributed by atoms with E-state index in [9.17, 15) is 20.4 Å². The summed E-state index contributed by atoms with van der Waals surface area (Å²) in [4.78, 5) is 2.27. The number of aryl methyl sites for hydroxylation is 4. The fourth-order valence-corrected chi connectivity index (χ4v) is 8.05. The molecule has 0 aliphatic heterocycles. The van der Waals surface area contributed by atoms with E-state index in [-0.39, 0.29) is 27.6 Å². The minimum absolute atomic E-state index is 0.117. The van der Waals surface area contributed by atoms with Gasteiger partial charge in [0, 0.05) is 26.8 Å². The Morgan fingerprint density at radius 1 is 0.434 bits per heavy atom. The lowest BCUT2D eigenvalue weighted by Gasteiger charge is -2.29. The van der Waals surface area contributed by atoms with E-state index in [4.69, 9.17) is 0 Å². The third kappa shape index (κ3) is 10.6. The summed E-state index contributed by atoms with van der Waals surface area (Å²) in [6.07, 6.45) is 2.10. The second-order valence-corrected chi connectivity index (χ2v) is 20.2. The van der Waals surface area contributed by atoms with Gasteiger partial charge >= 0.3 is 0 Å². The van der Waals surface area contributed by atoms with Crippen LogP contribution in [0.4, 0.5) is 0 Å². The monoisotopic (exact) mass is 740 g/mol. The Labute approximate surface area is 326 Å². The van der Waals surface area contributed by atoms with Gasteiger partial charge in [-0.05, 0) is 137 Å². The summed E-state index contributed by atoms with van der Waals surface area (Å²) in [6.45, 7) is 35.9. The van der Waals surface area contributed by atoms with Gasteiger partial charge in [-0.15, -0.1) is 0 Å². The van der Waals surface area contributed by atoms with E-state index in [2.05, 4.69) is 128 Å². The number of benzene rings is 4. The molecule has 0 saturated carbocycles. The van der Waals surface area contributed by atoms with Crippen LogP contribution in [0, 0.1) is 27.7 Å². The van der Waals surface area contributed by atoms with Crippen LogP contribution in [0.25, 0.3) is 0 Å². The van der Waals surface area contributed by atoms with E-state index in [1.54, 1.807) is 11.8 Å². The molecule has 0 aromatic heterocycles. The first kappa shape index (κ1) is 43.8. The van der Waals surface area contributed by atoms with Crippen LogP contribution < -0.4 is 0 Å². The van der Waals surface area contributed by atoms with Crippen molar-refractivity contribution >= 4 is 11.8 Å². The van der Waals surface area contributed by atoms with Gasteiger partial charge in [-0.1, -0.05) is 120 Å². The highest BCUT2D eigenvalue weighted by atomic mass is 32.2. The van der Waals surface area contributed by atoms with Gasteiger partial charge < -0.3 is 20.4 Å². The van der Waals surface area contributed by atoms with E-state index < -0.39 is 0 Å². The molecule has 4 aromatic rings. The molecule has 0 heterocycles. The summed E-state index contributed by atoms with van der Waals surface area (Å²) >= 11 is 1.70. The summed E-state index contributed by atoms with van der Waals surface area (Å²) in [5.74, 6) is 1.70. The third-order valence-electron chi connectivity index (χ3n) is 10.1. The standard InChI is InChI=1S/C26H38O2.C22H30O2S/c1-10-11-18(19-14-21(25(4,5)6)23(27)12-16(19)2)20-15-22(26(7,8)9)24(28)13-17(20)3;1-13-9-17(23)15(21(3,4)5)11-19(13)25-20-12-16(22(6,7)8)18(24)10-14(20)2/h12-15,18,27-28H,10-11H2,1-9H3;9-12,23-24H,1-8H3. The highest BCUT2D eigenvalue weighted by molar-refractivity contribution is 7.99. The zero-order chi connectivity index (χ0) is 40.6. The first-order chi connectivity index (χ1) is 24.1. The molecule has 4 nitrogen and oxygen atoms in total. The maximum absolute atomic E-state index is 10.5. The van der Waals surface area contributed by atoms with Crippen LogP contribution in [-0.4, -0.2) is 20.4 Å². The van der Waals surface area contributed by atoms with Gasteiger partial charge in [0.25, 0.3) is 0 Å². The quantitative estimate of drug-likeness (QED) is 0.158. The molecule has 0 amide bonds. The molecule has 0 saturated heterocycles. The summed E-state index contributed by atoms with van der Waals surface area (Å²) in [5.41, 5.74) is 10.3. The fraction of sp³-hybridized carbons (Fsp3) is 0.500. The first-order valence-corrected chi connectivity index (χ1v) is 19.9. The lowest BCUT2D eigenvalue weighted by molar-refractivity contribution is 0.443. The van der Waals surface area contributed by atoms with Crippen molar-refractivity contribution in [2.45, 2.75) is 168 Å². The van der Waals surface area contributed by atoms with Crippen molar-refractivity contribution in [1.29, 1.82) is 0 Å². The molecule has 0 aliphatic rings. The maximum atomic E-state index is 10.5. The Balaban J connectivity index is 0.000000287. The van der Waals surface area contributed by atoms with Crippen LogP contribution in [0.2, 0.25) is 0 Å². The van der Waals surface area contributed by atoms with Crippen LogP contribution in [0.3, 0.4) is 0 Å². The third-order valence-corrected chi connectivity index (χ3v) is 11.5. The first-order valence-electron chi connectivity index (χ1n) is 19.1. The van der Waals surface area contributed by atoms with Crippen LogP contribution in [0.1, 0.15) is 164 Å². The predicted octanol–water partition coefficient (Wildman–Crippen LogP) is 13.7. The van der Waals surface area contributed by atoms with Crippen molar-refractivity contribution in [3.63, 3.8) is 0 Å². The van der Waals surface area contributed by atoms with E-state index in [1.165, 1.54) is 11.1 Å². The van der Waals surface area contributed by atoms with Crippen LogP contribution in [0.5, 0.6) is 23.0 Å². The summed E-state index contributed by atoms with van der Waals surface area (Å²) in [5, 5.41) is 41.7. The molecule has 0 atom stereocenters. The summed E-state index contributed by atoms with van der Waals surface area (Å²) < 4.78 is 0. The van der Waals surface area contributed by atoms with Crippen molar-refractivity contribution in [3.8, 4) is 23.0 Å². The number of aromatic hydroxyl groups is 4. The van der Waals surface area contributed by atoms with Crippen molar-refractivity contribution in [1.82, 2.24) is 0 Å². The average Bonchev–Trinajstić information content (AvgIpc) is 2.97. The minimum Gasteiger partial charge on any atom is -0.508 e. The van der Waals surface area contributed by atoms with Gasteiger partial charge in [0.2, 0.25) is 0 Å². The minimum atomic E-state index is -0.121. The molecule has 0 unspecified atom stereocenters. The predicted molar refractivity (Wildman–Crippen MR) is 227 cm³/mol. The Morgan fingerprint density at radius 2 is 0.698 bits per heavy atom. The van der Waals surface area contributed by atoms with Gasteiger partial charge in [-0.25, -0.2) is 0 Å². The van der Waals surface area contributed by atoms with E-state index >= 15 is 0 Å². The Bertz CT molecular complexity index is 1790. The van der Waals surface area contributed by atoms with E-state index in [0.29, 0.717) is 23.0 Å². The van der Waals surface area contributed by atoms with Crippen LogP contribution in [-0.2, 0) is 21.7 Å². The largest absolute Gasteiger partial charge is 0.508 e. The molecule has 4 N–H and O–H groups in total. The van der Waals surface area contributed by atoms with Gasteiger partial charge in [0.1, 0.15) is 23.0 Å². The lowest BCUT2D eigenvalue weighted by Crippen LogP contribution is -2.16. The normalized spacial score (nSPS) is 12.6. The highest BCUT2D eigenvalue weighted by Gasteiger charge is 2.27. The number of rotatable bonds is 6. The van der Waals surface area contributed by atoms with Gasteiger partial charge in [-0.2, -0.15) is 0 Å². The molecule has 0 aliphatic carbocycles. The van der Waals surface area contributed by atoms with Crippen molar-refractivity contribution < 1.29 is 20.4 Å². The summed E-state index contributed by atoms with van der Waals surface area (Å²) in [7, 11) is 0. The highest BCUT2D eigenvalue weighted by Crippen LogP contribution is 2.44. The molecule has 0 fully saturated rings. The molecule has 0 radical (unpaired) electrons. The molecule has 0 bridgehead atoms. The smallest absolute Gasteiger partial charge is 0.119 e. The van der Waals surface area contributed by atoms with Crippen molar-refractivity contribution in [2.75, 3.05) is 0 Å². The molecule has 4 aromatic carbocycles. The lowest BCUT2D eigenvalue weighted by atomic mass is 9.76. The van der Waals surface area contributed by atoms with E-state index in [0.717, 1.165) is 67.1 Å². The molecule has 4 rings (SSSR count). The average molecular weight is 741 g/mol. The number of hydrogen-bond donors (Lipinski definition) is 4. The second-order valence-electron chi connectivity index (χ2n) is 19.2. The SMILES string of the molecule is CCCC(c1cc(C(C)(C)C)c(O)cc1C)c1cc(C(C)(C)C)c(O)cc1C.Cc1cc(O)c(C(C)(C)C)cc1Sc1cc(C(C)(C)C)c(O)cc1C. The Kier molecular flexibility index (Phi) is 13.3. The summed E-state index contributed by atoms with van der Waals surface area (Å²) in [6, 6.07) is 16.1. The topological polar surface area (TPSA) is 80.9 Å². The zero-order valence-corrected chi connectivity index (χ0v) is 36.6. The molecular formula is C48H68O4S. The zero-order valence-electron chi connectivity index (χ0n) is 35.8. The molecule has 290 valence electrons. The fourth-order valence-electron chi connectivity index (χ4n) is 7.02. The Hall–Kier alpha value is -3.57. The number of phenols is 4. The van der Waals surface area contributed by atoms with E-state index in [1.807, 2.05) is 38.1 Å². The van der Waals surface area contributed by atoms with Gasteiger partial charge in [-0.3, -0.25) is 0 Å². The second kappa shape index (κ2) is 16.0. The number of phenolic OH excluding ortho intramolecular Hbond substituents is 4.